The van der Waals surface area contributed by atoms with Gasteiger partial charge in [-0.05, 0) is 33.9 Å². The molecule has 1 aliphatic carbocycles. The zero-order valence-electron chi connectivity index (χ0n) is 12.3. The average Bonchev–Trinajstić information content (AvgIpc) is 2.77. The van der Waals surface area contributed by atoms with Gasteiger partial charge in [-0.1, -0.05) is 0 Å². The predicted octanol–water partition coefficient (Wildman–Crippen LogP) is 1.14. The maximum Gasteiger partial charge on any atom is 0.359 e. The molecule has 1 aromatic heterocycles. The molecule has 0 spiro atoms. The van der Waals surface area contributed by atoms with Gasteiger partial charge in [-0.25, -0.2) is 4.79 Å². The molecule has 0 saturated heterocycles. The number of Topliss-reactive ketones (excluding diaryl/α,β-unsaturated/α-hetero) is 1. The number of ether oxygens (including phenoxy) is 1. The molecule has 0 N–H and O–H groups in total. The summed E-state index contributed by atoms with van der Waals surface area (Å²) in [7, 11) is 3.92. The van der Waals surface area contributed by atoms with Gasteiger partial charge in [0.15, 0.2) is 11.5 Å². The van der Waals surface area contributed by atoms with E-state index in [1.54, 1.807) is 11.6 Å². The molecule has 2 rings (SSSR count). The topological polar surface area (TPSA) is 64.4 Å². The van der Waals surface area contributed by atoms with E-state index in [0.717, 1.165) is 24.9 Å². The Bertz CT molecular complexity index is 520. The number of esters is 1. The van der Waals surface area contributed by atoms with Gasteiger partial charge in [-0.15, -0.1) is 0 Å². The number of carbonyl (C=O) groups is 2. The first-order chi connectivity index (χ1) is 9.54. The lowest BCUT2D eigenvalue weighted by Crippen LogP contribution is -2.22. The summed E-state index contributed by atoms with van der Waals surface area (Å²) in [5.74, 6) is -0.352. The van der Waals surface area contributed by atoms with Crippen molar-refractivity contribution < 1.29 is 14.3 Å². The van der Waals surface area contributed by atoms with E-state index in [0.29, 0.717) is 31.0 Å². The maximum absolute atomic E-state index is 12.1. The Morgan fingerprint density at radius 3 is 2.80 bits per heavy atom. The fraction of sp³-hybridized carbons (Fsp3) is 0.643. The molecular weight excluding hydrogens is 258 g/mol. The Morgan fingerprint density at radius 1 is 1.40 bits per heavy atom. The Labute approximate surface area is 118 Å². The highest BCUT2D eigenvalue weighted by atomic mass is 16.5. The third kappa shape index (κ3) is 2.90. The number of carbonyl (C=O) groups excluding carboxylic acids is 2. The van der Waals surface area contributed by atoms with Crippen LogP contribution in [-0.2, 0) is 17.7 Å². The van der Waals surface area contributed by atoms with Crippen LogP contribution in [-0.4, -0.2) is 53.7 Å². The van der Waals surface area contributed by atoms with E-state index >= 15 is 0 Å². The van der Waals surface area contributed by atoms with Crippen molar-refractivity contribution in [3.8, 4) is 0 Å². The van der Waals surface area contributed by atoms with Crippen LogP contribution in [0.1, 0.15) is 46.3 Å². The molecule has 0 fully saturated rings. The number of likely N-dealkylation sites (N-methyl/N-ethyl adjacent to an activating group) is 1. The van der Waals surface area contributed by atoms with Crippen LogP contribution in [0.4, 0.5) is 0 Å². The summed E-state index contributed by atoms with van der Waals surface area (Å²) in [5, 5.41) is 4.33. The molecule has 0 atom stereocenters. The molecule has 1 aliphatic rings. The smallest absolute Gasteiger partial charge is 0.359 e. The third-order valence-electron chi connectivity index (χ3n) is 3.37. The second kappa shape index (κ2) is 6.17. The van der Waals surface area contributed by atoms with Crippen molar-refractivity contribution in [3.63, 3.8) is 0 Å². The molecule has 0 saturated carbocycles. The molecule has 1 aromatic rings. The number of rotatable bonds is 5. The van der Waals surface area contributed by atoms with Crippen molar-refractivity contribution in [1.82, 2.24) is 14.7 Å². The number of hydrogen-bond donors (Lipinski definition) is 0. The SMILES string of the molecule is CCOC(=O)c1nn(CCN(C)C)c2c1CCCC2=O. The van der Waals surface area contributed by atoms with Crippen molar-refractivity contribution >= 4 is 11.8 Å². The van der Waals surface area contributed by atoms with Crippen molar-refractivity contribution in [1.29, 1.82) is 0 Å². The van der Waals surface area contributed by atoms with Crippen LogP contribution < -0.4 is 0 Å². The summed E-state index contributed by atoms with van der Waals surface area (Å²) in [6.45, 7) is 3.44. The van der Waals surface area contributed by atoms with Crippen LogP contribution >= 0.6 is 0 Å². The monoisotopic (exact) mass is 279 g/mol. The van der Waals surface area contributed by atoms with Gasteiger partial charge in [0, 0.05) is 18.5 Å². The van der Waals surface area contributed by atoms with E-state index in [2.05, 4.69) is 5.10 Å². The number of hydrogen-bond acceptors (Lipinski definition) is 5. The van der Waals surface area contributed by atoms with Crippen molar-refractivity contribution in [2.24, 2.45) is 0 Å². The highest BCUT2D eigenvalue weighted by Crippen LogP contribution is 2.25. The molecule has 0 unspecified atom stereocenters. The van der Waals surface area contributed by atoms with Crippen LogP contribution in [0.15, 0.2) is 0 Å². The minimum absolute atomic E-state index is 0.0769. The third-order valence-corrected chi connectivity index (χ3v) is 3.37. The van der Waals surface area contributed by atoms with Crippen LogP contribution in [0.3, 0.4) is 0 Å². The molecule has 20 heavy (non-hydrogen) atoms. The van der Waals surface area contributed by atoms with Gasteiger partial charge in [-0.3, -0.25) is 9.48 Å². The highest BCUT2D eigenvalue weighted by molar-refractivity contribution is 6.00. The van der Waals surface area contributed by atoms with Crippen LogP contribution in [0, 0.1) is 0 Å². The minimum atomic E-state index is -0.429. The standard InChI is InChI=1S/C14H21N3O3/c1-4-20-14(19)12-10-6-5-7-11(18)13(10)17(15-12)9-8-16(2)3/h4-9H2,1-3H3. The number of nitrogens with zero attached hydrogens (tertiary/aromatic N) is 3. The molecule has 0 radical (unpaired) electrons. The summed E-state index contributed by atoms with van der Waals surface area (Å²) >= 11 is 0. The summed E-state index contributed by atoms with van der Waals surface area (Å²) < 4.78 is 6.70. The summed E-state index contributed by atoms with van der Waals surface area (Å²) in [5.41, 5.74) is 1.67. The van der Waals surface area contributed by atoms with E-state index in [1.807, 2.05) is 19.0 Å². The van der Waals surface area contributed by atoms with Crippen molar-refractivity contribution in [2.45, 2.75) is 32.7 Å². The lowest BCUT2D eigenvalue weighted by atomic mass is 9.94. The van der Waals surface area contributed by atoms with Gasteiger partial charge in [0.05, 0.1) is 13.2 Å². The van der Waals surface area contributed by atoms with E-state index in [1.165, 1.54) is 0 Å². The van der Waals surface area contributed by atoms with Crippen LogP contribution in [0.2, 0.25) is 0 Å². The van der Waals surface area contributed by atoms with Gasteiger partial charge in [-0.2, -0.15) is 5.10 Å². The van der Waals surface area contributed by atoms with Gasteiger partial charge in [0.25, 0.3) is 0 Å². The molecule has 0 aromatic carbocycles. The first-order valence-corrected chi connectivity index (χ1v) is 6.99. The van der Waals surface area contributed by atoms with E-state index in [9.17, 15) is 9.59 Å². The normalized spacial score (nSPS) is 14.5. The van der Waals surface area contributed by atoms with Gasteiger partial charge < -0.3 is 9.64 Å². The number of ketones is 1. The molecule has 0 amide bonds. The van der Waals surface area contributed by atoms with Crippen molar-refractivity contribution in [2.75, 3.05) is 27.2 Å². The number of aromatic nitrogens is 2. The zero-order chi connectivity index (χ0) is 14.7. The molecule has 6 nitrogen and oxygen atoms in total. The lowest BCUT2D eigenvalue weighted by Gasteiger charge is -2.14. The van der Waals surface area contributed by atoms with E-state index in [4.69, 9.17) is 4.74 Å². The quantitative estimate of drug-likeness (QED) is 0.756. The predicted molar refractivity (Wildman–Crippen MR) is 74.0 cm³/mol. The summed E-state index contributed by atoms with van der Waals surface area (Å²) in [6, 6.07) is 0. The van der Waals surface area contributed by atoms with E-state index < -0.39 is 5.97 Å². The fourth-order valence-corrected chi connectivity index (χ4v) is 2.41. The van der Waals surface area contributed by atoms with E-state index in [-0.39, 0.29) is 5.78 Å². The Kier molecular flexibility index (Phi) is 4.54. The molecule has 1 heterocycles. The Balaban J connectivity index is 2.36. The van der Waals surface area contributed by atoms with Crippen LogP contribution in [0.25, 0.3) is 0 Å². The average molecular weight is 279 g/mol. The summed E-state index contributed by atoms with van der Waals surface area (Å²) in [4.78, 5) is 26.1. The fourth-order valence-electron chi connectivity index (χ4n) is 2.41. The summed E-state index contributed by atoms with van der Waals surface area (Å²) in [6.07, 6.45) is 2.03. The molecule has 0 bridgehead atoms. The van der Waals surface area contributed by atoms with Gasteiger partial charge in [0.1, 0.15) is 5.69 Å². The highest BCUT2D eigenvalue weighted by Gasteiger charge is 2.30. The number of fused-ring (bicyclic) bond motifs is 1. The van der Waals surface area contributed by atoms with Crippen LogP contribution in [0.5, 0.6) is 0 Å². The minimum Gasteiger partial charge on any atom is -0.461 e. The molecule has 110 valence electrons. The largest absolute Gasteiger partial charge is 0.461 e. The maximum atomic E-state index is 12.1. The Hall–Kier alpha value is -1.69. The first kappa shape index (κ1) is 14.7. The lowest BCUT2D eigenvalue weighted by molar-refractivity contribution is 0.0517. The first-order valence-electron chi connectivity index (χ1n) is 6.99. The van der Waals surface area contributed by atoms with Gasteiger partial charge >= 0.3 is 5.97 Å². The van der Waals surface area contributed by atoms with Crippen molar-refractivity contribution in [3.05, 3.63) is 17.0 Å². The second-order valence-electron chi connectivity index (χ2n) is 5.20. The molecule has 0 aliphatic heterocycles. The second-order valence-corrected chi connectivity index (χ2v) is 5.20. The zero-order valence-corrected chi connectivity index (χ0v) is 12.3. The van der Waals surface area contributed by atoms with Gasteiger partial charge in [0.2, 0.25) is 0 Å². The molecule has 6 heteroatoms. The molecular formula is C14H21N3O3. The Morgan fingerprint density at radius 2 is 2.15 bits per heavy atom.